The zero-order valence-electron chi connectivity index (χ0n) is 28.6. The number of piperidine rings is 1. The first-order valence-corrected chi connectivity index (χ1v) is 18.1. The third-order valence-electron chi connectivity index (χ3n) is 10.5. The smallest absolute Gasteiger partial charge is 0.254 e. The van der Waals surface area contributed by atoms with Crippen molar-refractivity contribution in [3.8, 4) is 11.5 Å². The van der Waals surface area contributed by atoms with E-state index in [1.807, 2.05) is 36.5 Å². The Morgan fingerprint density at radius 3 is 2.55 bits per heavy atom. The molecule has 4 aromatic rings. The molecule has 2 saturated heterocycles. The molecule has 3 aliphatic heterocycles. The number of benzene rings is 3. The van der Waals surface area contributed by atoms with E-state index in [2.05, 4.69) is 27.8 Å². The van der Waals surface area contributed by atoms with E-state index in [0.29, 0.717) is 61.4 Å². The summed E-state index contributed by atoms with van der Waals surface area (Å²) in [6.07, 6.45) is 3.19. The van der Waals surface area contributed by atoms with E-state index in [1.54, 1.807) is 41.1 Å². The normalized spacial score (nSPS) is 20.9. The molecule has 7 rings (SSSR count). The van der Waals surface area contributed by atoms with Gasteiger partial charge in [0.25, 0.3) is 5.91 Å². The summed E-state index contributed by atoms with van der Waals surface area (Å²) in [5, 5.41) is 18.5. The first-order chi connectivity index (χ1) is 24.8. The van der Waals surface area contributed by atoms with Crippen LogP contribution >= 0.6 is 11.6 Å². The van der Waals surface area contributed by atoms with Crippen molar-refractivity contribution in [2.45, 2.75) is 38.0 Å². The van der Waals surface area contributed by atoms with Crippen molar-refractivity contribution in [1.29, 1.82) is 0 Å². The van der Waals surface area contributed by atoms with Crippen molar-refractivity contribution < 1.29 is 29.0 Å². The SMILES string of the molecule is CNC(O)[C@H](CCCc1ccccc1)NC(=O)C1CN(C(=O)Cc2c[nH]c3cc(Cl)ccc23)CC2CN(C(=O)c3ccc4c(c3)OCCO4)CC21. The minimum absolute atomic E-state index is 0.0895. The van der Waals surface area contributed by atoms with Crippen molar-refractivity contribution in [2.24, 2.45) is 17.8 Å². The maximum absolute atomic E-state index is 14.3. The van der Waals surface area contributed by atoms with Gasteiger partial charge in [-0.25, -0.2) is 0 Å². The highest BCUT2D eigenvalue weighted by Gasteiger charge is 2.48. The molecule has 0 aliphatic carbocycles. The molecular weight excluding hydrogens is 670 g/mol. The third-order valence-corrected chi connectivity index (χ3v) is 10.8. The summed E-state index contributed by atoms with van der Waals surface area (Å²) in [6.45, 7) is 2.33. The number of nitrogens with zero attached hydrogens (tertiary/aromatic N) is 2. The first kappa shape index (κ1) is 34.9. The van der Waals surface area contributed by atoms with Gasteiger partial charge in [0.05, 0.1) is 18.4 Å². The Labute approximate surface area is 302 Å². The lowest BCUT2D eigenvalue weighted by Gasteiger charge is -2.40. The van der Waals surface area contributed by atoms with Crippen LogP contribution in [0.15, 0.2) is 72.9 Å². The predicted octanol–water partition coefficient (Wildman–Crippen LogP) is 4.03. The Hall–Kier alpha value is -4.58. The highest BCUT2D eigenvalue weighted by atomic mass is 35.5. The van der Waals surface area contributed by atoms with Gasteiger partial charge in [-0.05, 0) is 79.6 Å². The minimum Gasteiger partial charge on any atom is -0.486 e. The van der Waals surface area contributed by atoms with Crippen LogP contribution in [0.25, 0.3) is 10.9 Å². The molecule has 2 fully saturated rings. The number of hydrogen-bond acceptors (Lipinski definition) is 7. The number of H-pyrrole nitrogens is 1. The van der Waals surface area contributed by atoms with Gasteiger partial charge >= 0.3 is 0 Å². The number of aliphatic hydroxyl groups excluding tert-OH is 1. The summed E-state index contributed by atoms with van der Waals surface area (Å²) >= 11 is 6.19. The fraction of sp³-hybridized carbons (Fsp3) is 0.410. The van der Waals surface area contributed by atoms with E-state index < -0.39 is 18.2 Å². The molecule has 4 N–H and O–H groups in total. The van der Waals surface area contributed by atoms with Gasteiger partial charge in [-0.15, -0.1) is 0 Å². The Bertz CT molecular complexity index is 1880. The average Bonchev–Trinajstić information content (AvgIpc) is 3.77. The van der Waals surface area contributed by atoms with Crippen LogP contribution in [-0.4, -0.2) is 96.3 Å². The number of aromatic amines is 1. The summed E-state index contributed by atoms with van der Waals surface area (Å²) < 4.78 is 11.4. The van der Waals surface area contributed by atoms with Crippen molar-refractivity contribution >= 4 is 40.2 Å². The molecule has 0 saturated carbocycles. The second kappa shape index (κ2) is 15.3. The summed E-state index contributed by atoms with van der Waals surface area (Å²) in [5.74, 6) is -0.161. The number of rotatable bonds is 11. The molecule has 11 nitrogen and oxygen atoms in total. The van der Waals surface area contributed by atoms with Crippen LogP contribution in [0.3, 0.4) is 0 Å². The highest BCUT2D eigenvalue weighted by Crippen LogP contribution is 2.38. The topological polar surface area (TPSA) is 136 Å². The van der Waals surface area contributed by atoms with Crippen LogP contribution in [0.4, 0.5) is 0 Å². The van der Waals surface area contributed by atoms with Crippen molar-refractivity contribution in [3.63, 3.8) is 0 Å². The van der Waals surface area contributed by atoms with E-state index in [1.165, 1.54) is 5.56 Å². The summed E-state index contributed by atoms with van der Waals surface area (Å²) in [7, 11) is 1.66. The maximum Gasteiger partial charge on any atom is 0.254 e. The van der Waals surface area contributed by atoms with E-state index in [0.717, 1.165) is 29.3 Å². The molecular formula is C39H44ClN5O6. The highest BCUT2D eigenvalue weighted by molar-refractivity contribution is 6.31. The van der Waals surface area contributed by atoms with Crippen LogP contribution < -0.4 is 20.1 Å². The fourth-order valence-corrected chi connectivity index (χ4v) is 8.00. The summed E-state index contributed by atoms with van der Waals surface area (Å²) in [6, 6.07) is 20.3. The van der Waals surface area contributed by atoms with Crippen molar-refractivity contribution in [3.05, 3.63) is 94.6 Å². The number of carbonyl (C=O) groups is 3. The van der Waals surface area contributed by atoms with Gasteiger partial charge in [0.15, 0.2) is 11.5 Å². The summed E-state index contributed by atoms with van der Waals surface area (Å²) in [4.78, 5) is 48.9. The number of ether oxygens (including phenoxy) is 2. The lowest BCUT2D eigenvalue weighted by atomic mass is 9.79. The number of aliphatic hydroxyl groups is 1. The lowest BCUT2D eigenvalue weighted by Crippen LogP contribution is -2.57. The van der Waals surface area contributed by atoms with Gasteiger partial charge in [-0.3, -0.25) is 19.7 Å². The Morgan fingerprint density at radius 1 is 0.961 bits per heavy atom. The summed E-state index contributed by atoms with van der Waals surface area (Å²) in [5.41, 5.74) is 3.39. The van der Waals surface area contributed by atoms with Gasteiger partial charge in [0.2, 0.25) is 11.8 Å². The van der Waals surface area contributed by atoms with Crippen LogP contribution in [-0.2, 0) is 22.4 Å². The van der Waals surface area contributed by atoms with Gasteiger partial charge in [0.1, 0.15) is 19.4 Å². The second-order valence-electron chi connectivity index (χ2n) is 13.8. The number of likely N-dealkylation sites (N-methyl/N-ethyl adjacent to an activating group) is 1. The van der Waals surface area contributed by atoms with Gasteiger partial charge in [-0.1, -0.05) is 48.0 Å². The molecule has 3 aromatic carbocycles. The van der Waals surface area contributed by atoms with Crippen LogP contribution in [0, 0.1) is 17.8 Å². The Kier molecular flexibility index (Phi) is 10.5. The number of halogens is 1. The number of fused-ring (bicyclic) bond motifs is 3. The van der Waals surface area contributed by atoms with E-state index >= 15 is 0 Å². The van der Waals surface area contributed by atoms with Crippen LogP contribution in [0.5, 0.6) is 11.5 Å². The van der Waals surface area contributed by atoms with Gasteiger partial charge in [-0.2, -0.15) is 0 Å². The molecule has 4 unspecified atom stereocenters. The predicted molar refractivity (Wildman–Crippen MR) is 194 cm³/mol. The molecule has 0 bridgehead atoms. The van der Waals surface area contributed by atoms with Crippen molar-refractivity contribution in [2.75, 3.05) is 46.4 Å². The van der Waals surface area contributed by atoms with Gasteiger partial charge < -0.3 is 34.7 Å². The van der Waals surface area contributed by atoms with E-state index in [-0.39, 0.29) is 42.5 Å². The van der Waals surface area contributed by atoms with Crippen molar-refractivity contribution in [1.82, 2.24) is 25.4 Å². The number of aryl methyl sites for hydroxylation is 1. The Balaban J connectivity index is 1.10. The Morgan fingerprint density at radius 2 is 1.75 bits per heavy atom. The number of hydrogen-bond donors (Lipinski definition) is 4. The molecule has 4 heterocycles. The molecule has 0 radical (unpaired) electrons. The number of nitrogens with one attached hydrogen (secondary N) is 3. The molecule has 268 valence electrons. The van der Waals surface area contributed by atoms with Crippen LogP contribution in [0.1, 0.15) is 34.3 Å². The number of carbonyl (C=O) groups excluding carboxylic acids is 3. The van der Waals surface area contributed by atoms with Gasteiger partial charge in [0, 0.05) is 53.9 Å². The third kappa shape index (κ3) is 7.71. The molecule has 0 spiro atoms. The number of aromatic nitrogens is 1. The molecule has 5 atom stereocenters. The van der Waals surface area contributed by atoms with E-state index in [9.17, 15) is 19.5 Å². The molecule has 51 heavy (non-hydrogen) atoms. The second-order valence-corrected chi connectivity index (χ2v) is 14.2. The fourth-order valence-electron chi connectivity index (χ4n) is 7.83. The number of likely N-dealkylation sites (tertiary alicyclic amines) is 2. The standard InChI is InChI=1S/C39H44ClN5O6/c1-41-38(48)32(9-5-8-24-6-3-2-4-7-24)43-37(47)31-23-44(36(46)17-26-19-42-33-18-28(40)11-12-29(26)33)20-27-21-45(22-30(27)31)39(49)25-10-13-34-35(16-25)51-15-14-50-34/h2-4,6-7,10-13,16,18-19,27,30-32,38,41-42,48H,5,8-9,14-15,17,20-23H2,1H3,(H,43,47)/t27?,30?,31?,32-,38?/m0/s1. The molecule has 1 aromatic heterocycles. The monoisotopic (exact) mass is 713 g/mol. The quantitative estimate of drug-likeness (QED) is 0.173. The minimum atomic E-state index is -0.950. The molecule has 12 heteroatoms. The van der Waals surface area contributed by atoms with Crippen LogP contribution in [0.2, 0.25) is 5.02 Å². The zero-order valence-corrected chi connectivity index (χ0v) is 29.4. The molecule has 3 amide bonds. The maximum atomic E-state index is 14.3. The lowest BCUT2D eigenvalue weighted by molar-refractivity contribution is -0.139. The molecule has 3 aliphatic rings. The van der Waals surface area contributed by atoms with E-state index in [4.69, 9.17) is 21.1 Å². The number of amides is 3. The average molecular weight is 714 g/mol. The zero-order chi connectivity index (χ0) is 35.5. The first-order valence-electron chi connectivity index (χ1n) is 17.7. The largest absolute Gasteiger partial charge is 0.486 e.